The lowest BCUT2D eigenvalue weighted by Crippen LogP contribution is -2.42. The van der Waals surface area contributed by atoms with E-state index in [1.165, 1.54) is 29.9 Å². The van der Waals surface area contributed by atoms with Crippen molar-refractivity contribution in [3.05, 3.63) is 65.0 Å². The summed E-state index contributed by atoms with van der Waals surface area (Å²) in [4.78, 5) is 30.9. The zero-order chi connectivity index (χ0) is 23.4. The van der Waals surface area contributed by atoms with Crippen LogP contribution in [0.1, 0.15) is 52.0 Å². The van der Waals surface area contributed by atoms with E-state index in [-0.39, 0.29) is 30.2 Å². The molecule has 7 heteroatoms. The molecule has 0 radical (unpaired) electrons. The summed E-state index contributed by atoms with van der Waals surface area (Å²) in [6, 6.07) is 11.7. The van der Waals surface area contributed by atoms with Crippen LogP contribution < -0.4 is 4.74 Å². The van der Waals surface area contributed by atoms with Gasteiger partial charge in [0.25, 0.3) is 11.8 Å². The van der Waals surface area contributed by atoms with Gasteiger partial charge in [-0.2, -0.15) is 0 Å². The topological polar surface area (TPSA) is 53.1 Å². The third-order valence-corrected chi connectivity index (χ3v) is 6.49. The van der Waals surface area contributed by atoms with Gasteiger partial charge >= 0.3 is 0 Å². The van der Waals surface area contributed by atoms with Crippen LogP contribution >= 0.6 is 0 Å². The third kappa shape index (κ3) is 5.53. The molecule has 176 valence electrons. The standard InChI is InChI=1S/C26H32FN3O3/c1-28(2)25(31)20-9-7-19(8-10-20)18-33-24-12-11-21(16-23(24)27)26(32)30-15-5-6-22(30)17-29-13-3-4-14-29/h7-12,16,22H,3-6,13-15,17-18H2,1-2H3. The molecule has 2 aliphatic rings. The Morgan fingerprint density at radius 1 is 1.00 bits per heavy atom. The summed E-state index contributed by atoms with van der Waals surface area (Å²) in [6.45, 7) is 4.02. The molecule has 2 aliphatic heterocycles. The van der Waals surface area contributed by atoms with Crippen LogP contribution in [0.5, 0.6) is 5.75 Å². The van der Waals surface area contributed by atoms with E-state index in [0.717, 1.165) is 44.6 Å². The average Bonchev–Trinajstić information content (AvgIpc) is 3.50. The lowest BCUT2D eigenvalue weighted by atomic mass is 10.1. The van der Waals surface area contributed by atoms with Crippen LogP contribution in [0.4, 0.5) is 4.39 Å². The van der Waals surface area contributed by atoms with Crippen LogP contribution in [-0.4, -0.2) is 72.8 Å². The first kappa shape index (κ1) is 23.2. The largest absolute Gasteiger partial charge is 0.486 e. The Hall–Kier alpha value is -2.93. The molecule has 2 fully saturated rings. The van der Waals surface area contributed by atoms with Crippen LogP contribution in [0.3, 0.4) is 0 Å². The van der Waals surface area contributed by atoms with E-state index >= 15 is 0 Å². The lowest BCUT2D eigenvalue weighted by molar-refractivity contribution is 0.0707. The number of carbonyl (C=O) groups is 2. The molecule has 0 aliphatic carbocycles. The van der Waals surface area contributed by atoms with Crippen LogP contribution in [0.25, 0.3) is 0 Å². The maximum atomic E-state index is 14.7. The second kappa shape index (κ2) is 10.3. The number of amides is 2. The van der Waals surface area contributed by atoms with Gasteiger partial charge < -0.3 is 19.4 Å². The molecular weight excluding hydrogens is 421 g/mol. The highest BCUT2D eigenvalue weighted by atomic mass is 19.1. The minimum atomic E-state index is -0.546. The number of carbonyl (C=O) groups excluding carboxylic acids is 2. The fraction of sp³-hybridized carbons (Fsp3) is 0.462. The number of rotatable bonds is 7. The molecule has 6 nitrogen and oxygen atoms in total. The van der Waals surface area contributed by atoms with E-state index in [1.54, 1.807) is 44.4 Å². The highest BCUT2D eigenvalue weighted by Gasteiger charge is 2.31. The first-order valence-electron chi connectivity index (χ1n) is 11.7. The van der Waals surface area contributed by atoms with Crippen molar-refractivity contribution in [1.82, 2.24) is 14.7 Å². The number of benzene rings is 2. The molecule has 0 aromatic heterocycles. The summed E-state index contributed by atoms with van der Waals surface area (Å²) in [5, 5.41) is 0. The first-order chi connectivity index (χ1) is 15.9. The molecule has 4 rings (SSSR count). The van der Waals surface area contributed by atoms with Gasteiger partial charge in [0, 0.05) is 44.4 Å². The maximum absolute atomic E-state index is 14.7. The van der Waals surface area contributed by atoms with Crippen molar-refractivity contribution in [2.45, 2.75) is 38.3 Å². The van der Waals surface area contributed by atoms with Crippen molar-refractivity contribution in [2.75, 3.05) is 40.3 Å². The fourth-order valence-electron chi connectivity index (χ4n) is 4.64. The van der Waals surface area contributed by atoms with Gasteiger partial charge in [-0.1, -0.05) is 12.1 Å². The van der Waals surface area contributed by atoms with E-state index in [9.17, 15) is 14.0 Å². The molecule has 2 saturated heterocycles. The van der Waals surface area contributed by atoms with Gasteiger partial charge in [0.1, 0.15) is 6.61 Å². The Morgan fingerprint density at radius 3 is 2.36 bits per heavy atom. The summed E-state index contributed by atoms with van der Waals surface area (Å²) in [5.74, 6) is -0.622. The highest BCUT2D eigenvalue weighted by Crippen LogP contribution is 2.25. The van der Waals surface area contributed by atoms with E-state index in [0.29, 0.717) is 11.1 Å². The molecule has 1 atom stereocenters. The minimum Gasteiger partial charge on any atom is -0.486 e. The molecule has 2 aromatic carbocycles. The number of halogens is 1. The molecule has 33 heavy (non-hydrogen) atoms. The quantitative estimate of drug-likeness (QED) is 0.640. The SMILES string of the molecule is CN(C)C(=O)c1ccc(COc2ccc(C(=O)N3CCCC3CN3CCCC3)cc2F)cc1. The van der Waals surface area contributed by atoms with E-state index in [2.05, 4.69) is 4.90 Å². The van der Waals surface area contributed by atoms with Crippen LogP contribution in [-0.2, 0) is 6.61 Å². The Balaban J connectivity index is 1.36. The summed E-state index contributed by atoms with van der Waals surface area (Å²) < 4.78 is 20.4. The van der Waals surface area contributed by atoms with Crippen molar-refractivity contribution < 1.29 is 18.7 Å². The predicted molar refractivity (Wildman–Crippen MR) is 125 cm³/mol. The molecular formula is C26H32FN3O3. The third-order valence-electron chi connectivity index (χ3n) is 6.49. The predicted octanol–water partition coefficient (Wildman–Crippen LogP) is 3.81. The van der Waals surface area contributed by atoms with Crippen LogP contribution in [0.15, 0.2) is 42.5 Å². The summed E-state index contributed by atoms with van der Waals surface area (Å²) in [6.07, 6.45) is 4.45. The van der Waals surface area contributed by atoms with E-state index in [4.69, 9.17) is 4.74 Å². The molecule has 1 unspecified atom stereocenters. The van der Waals surface area contributed by atoms with Gasteiger partial charge in [-0.15, -0.1) is 0 Å². The first-order valence-corrected chi connectivity index (χ1v) is 11.7. The lowest BCUT2D eigenvalue weighted by Gasteiger charge is -2.28. The van der Waals surface area contributed by atoms with E-state index < -0.39 is 5.82 Å². The Bertz CT molecular complexity index is 987. The molecule has 0 saturated carbocycles. The van der Waals surface area contributed by atoms with Gasteiger partial charge in [0.2, 0.25) is 0 Å². The summed E-state index contributed by atoms with van der Waals surface area (Å²) in [7, 11) is 3.40. The molecule has 0 N–H and O–H groups in total. The van der Waals surface area contributed by atoms with Gasteiger partial charge in [0.15, 0.2) is 11.6 Å². The van der Waals surface area contributed by atoms with Crippen molar-refractivity contribution in [2.24, 2.45) is 0 Å². The molecule has 2 heterocycles. The highest BCUT2D eigenvalue weighted by molar-refractivity contribution is 5.95. The van der Waals surface area contributed by atoms with Gasteiger partial charge in [0.05, 0.1) is 0 Å². The minimum absolute atomic E-state index is 0.0746. The monoisotopic (exact) mass is 453 g/mol. The summed E-state index contributed by atoms with van der Waals surface area (Å²) >= 11 is 0. The van der Waals surface area contributed by atoms with E-state index in [1.807, 2.05) is 4.90 Å². The van der Waals surface area contributed by atoms with Crippen molar-refractivity contribution in [1.29, 1.82) is 0 Å². The second-order valence-electron chi connectivity index (χ2n) is 9.13. The molecule has 2 aromatic rings. The Labute approximate surface area is 194 Å². The number of nitrogens with zero attached hydrogens (tertiary/aromatic N) is 3. The Morgan fingerprint density at radius 2 is 1.70 bits per heavy atom. The van der Waals surface area contributed by atoms with Gasteiger partial charge in [-0.25, -0.2) is 4.39 Å². The maximum Gasteiger partial charge on any atom is 0.254 e. The Kier molecular flexibility index (Phi) is 7.28. The zero-order valence-electron chi connectivity index (χ0n) is 19.4. The second-order valence-corrected chi connectivity index (χ2v) is 9.13. The fourth-order valence-corrected chi connectivity index (χ4v) is 4.64. The average molecular weight is 454 g/mol. The zero-order valence-corrected chi connectivity index (χ0v) is 19.4. The summed E-state index contributed by atoms with van der Waals surface area (Å²) in [5.41, 5.74) is 1.77. The van der Waals surface area contributed by atoms with Crippen molar-refractivity contribution in [3.8, 4) is 5.75 Å². The van der Waals surface area contributed by atoms with Crippen molar-refractivity contribution >= 4 is 11.8 Å². The number of ether oxygens (including phenoxy) is 1. The molecule has 0 spiro atoms. The van der Waals surface area contributed by atoms with Crippen LogP contribution in [0.2, 0.25) is 0 Å². The normalized spacial score (nSPS) is 18.5. The van der Waals surface area contributed by atoms with Crippen LogP contribution in [0, 0.1) is 5.82 Å². The molecule has 0 bridgehead atoms. The number of hydrogen-bond donors (Lipinski definition) is 0. The smallest absolute Gasteiger partial charge is 0.254 e. The number of likely N-dealkylation sites (tertiary alicyclic amines) is 2. The van der Waals surface area contributed by atoms with Gasteiger partial charge in [-0.3, -0.25) is 9.59 Å². The van der Waals surface area contributed by atoms with Crippen molar-refractivity contribution in [3.63, 3.8) is 0 Å². The number of hydrogen-bond acceptors (Lipinski definition) is 4. The van der Waals surface area contributed by atoms with Gasteiger partial charge in [-0.05, 0) is 74.7 Å². The molecule has 2 amide bonds.